The van der Waals surface area contributed by atoms with Crippen molar-refractivity contribution in [2.75, 3.05) is 33.2 Å². The Kier molecular flexibility index (Phi) is 8.14. The Bertz CT molecular complexity index is 728. The molecule has 0 amide bonds. The second-order valence-electron chi connectivity index (χ2n) is 7.02. The van der Waals surface area contributed by atoms with Crippen LogP contribution in [0.15, 0.2) is 22.5 Å². The lowest BCUT2D eigenvalue weighted by atomic mass is 9.98. The highest BCUT2D eigenvalue weighted by Gasteiger charge is 2.50. The van der Waals surface area contributed by atoms with Gasteiger partial charge in [-0.05, 0) is 42.5 Å². The molecule has 28 heavy (non-hydrogen) atoms. The molecule has 0 aliphatic carbocycles. The Morgan fingerprint density at radius 1 is 1.36 bits per heavy atom. The number of thiophene rings is 1. The Balaban J connectivity index is 1.71. The van der Waals surface area contributed by atoms with Crippen LogP contribution in [0.5, 0.6) is 0 Å². The van der Waals surface area contributed by atoms with Gasteiger partial charge in [0.05, 0.1) is 0 Å². The number of nitrogens with one attached hydrogen (secondary N) is 2. The number of sulfonamides is 1. The van der Waals surface area contributed by atoms with Crippen LogP contribution in [0.2, 0.25) is 0 Å². The molecule has 0 radical (unpaired) electrons. The van der Waals surface area contributed by atoms with Crippen molar-refractivity contribution in [3.05, 3.63) is 22.4 Å². The normalized spacial score (nSPS) is 18.8. The third-order valence-electron chi connectivity index (χ3n) is 4.74. The predicted octanol–water partition coefficient (Wildman–Crippen LogP) is 2.65. The molecular formula is C17H27F3N4O2S2. The molecule has 1 aliphatic heterocycles. The summed E-state index contributed by atoms with van der Waals surface area (Å²) in [5, 5.41) is 8.51. The van der Waals surface area contributed by atoms with Crippen molar-refractivity contribution in [3.8, 4) is 0 Å². The van der Waals surface area contributed by atoms with Gasteiger partial charge in [0.15, 0.2) is 5.96 Å². The van der Waals surface area contributed by atoms with Gasteiger partial charge in [-0.1, -0.05) is 13.0 Å². The summed E-state index contributed by atoms with van der Waals surface area (Å²) in [7, 11) is -3.56. The van der Waals surface area contributed by atoms with Crippen LogP contribution < -0.4 is 10.6 Å². The first-order valence-electron chi connectivity index (χ1n) is 9.16. The average Bonchev–Trinajstić information content (AvgIpc) is 3.14. The molecule has 1 fully saturated rings. The Labute approximate surface area is 168 Å². The number of rotatable bonds is 7. The van der Waals surface area contributed by atoms with E-state index in [2.05, 4.69) is 34.0 Å². The van der Waals surface area contributed by atoms with E-state index in [-0.39, 0.29) is 19.0 Å². The third-order valence-corrected chi connectivity index (χ3v) is 7.26. The van der Waals surface area contributed by atoms with E-state index in [0.29, 0.717) is 35.6 Å². The molecule has 1 aliphatic rings. The second-order valence-corrected chi connectivity index (χ2v) is 9.98. The van der Waals surface area contributed by atoms with Crippen molar-refractivity contribution in [3.63, 3.8) is 0 Å². The van der Waals surface area contributed by atoms with E-state index in [4.69, 9.17) is 0 Å². The fourth-order valence-corrected chi connectivity index (χ4v) is 4.93. The van der Waals surface area contributed by atoms with Crippen LogP contribution in [0.25, 0.3) is 0 Å². The Hall–Kier alpha value is -1.33. The van der Waals surface area contributed by atoms with E-state index in [0.717, 1.165) is 13.0 Å². The van der Waals surface area contributed by atoms with Gasteiger partial charge in [-0.15, -0.1) is 11.3 Å². The number of hydrogen-bond acceptors (Lipinski definition) is 4. The van der Waals surface area contributed by atoms with Crippen LogP contribution in [0, 0.1) is 11.8 Å². The number of guanidine groups is 1. The topological polar surface area (TPSA) is 73.8 Å². The number of nitrogens with zero attached hydrogens (tertiary/aromatic N) is 2. The predicted molar refractivity (Wildman–Crippen MR) is 106 cm³/mol. The molecular weight excluding hydrogens is 413 g/mol. The minimum absolute atomic E-state index is 0.0989. The molecule has 1 atom stereocenters. The molecule has 1 aromatic rings. The van der Waals surface area contributed by atoms with Crippen molar-refractivity contribution in [1.82, 2.24) is 14.9 Å². The lowest BCUT2D eigenvalue weighted by molar-refractivity contribution is -0.0496. The number of hydrogen-bond donors (Lipinski definition) is 2. The molecule has 0 spiro atoms. The molecule has 2 rings (SSSR count). The van der Waals surface area contributed by atoms with E-state index >= 15 is 0 Å². The van der Waals surface area contributed by atoms with Crippen LogP contribution in [0.3, 0.4) is 0 Å². The van der Waals surface area contributed by atoms with E-state index in [1.807, 2.05) is 6.07 Å². The van der Waals surface area contributed by atoms with Crippen LogP contribution in [0.1, 0.15) is 24.6 Å². The summed E-state index contributed by atoms with van der Waals surface area (Å²) in [4.78, 5) is 5.50. The number of alkyl halides is 3. The quantitative estimate of drug-likeness (QED) is 0.505. The van der Waals surface area contributed by atoms with Gasteiger partial charge in [0.2, 0.25) is 0 Å². The summed E-state index contributed by atoms with van der Waals surface area (Å²) >= 11 is 1.73. The smallest absolute Gasteiger partial charge is 0.356 e. The highest BCUT2D eigenvalue weighted by molar-refractivity contribution is 7.90. The molecule has 1 saturated heterocycles. The minimum atomic E-state index is -5.23. The average molecular weight is 441 g/mol. The first kappa shape index (κ1) is 23.0. The number of halogens is 3. The zero-order chi connectivity index (χ0) is 20.8. The molecule has 160 valence electrons. The molecule has 11 heteroatoms. The molecule has 6 nitrogen and oxygen atoms in total. The highest BCUT2D eigenvalue weighted by atomic mass is 32.2. The SMILES string of the molecule is CN=C(NCC(C)Cc1cccs1)NCC1CCN(S(=O)(=O)C(F)(F)F)CC1. The Morgan fingerprint density at radius 3 is 2.57 bits per heavy atom. The van der Waals surface area contributed by atoms with Gasteiger partial charge in [0, 0.05) is 38.1 Å². The monoisotopic (exact) mass is 440 g/mol. The van der Waals surface area contributed by atoms with Crippen LogP contribution in [0.4, 0.5) is 13.2 Å². The van der Waals surface area contributed by atoms with Gasteiger partial charge in [0.25, 0.3) is 0 Å². The first-order chi connectivity index (χ1) is 13.1. The maximum absolute atomic E-state index is 12.6. The van der Waals surface area contributed by atoms with Gasteiger partial charge in [0.1, 0.15) is 0 Å². The zero-order valence-electron chi connectivity index (χ0n) is 16.0. The van der Waals surface area contributed by atoms with Crippen LogP contribution in [-0.2, 0) is 16.4 Å². The van der Waals surface area contributed by atoms with E-state index in [1.54, 1.807) is 18.4 Å². The van der Waals surface area contributed by atoms with E-state index in [1.165, 1.54) is 4.88 Å². The summed E-state index contributed by atoms with van der Waals surface area (Å²) in [6.07, 6.45) is 1.75. The molecule has 0 bridgehead atoms. The Morgan fingerprint density at radius 2 is 2.04 bits per heavy atom. The summed E-state index contributed by atoms with van der Waals surface area (Å²) < 4.78 is 61.3. The summed E-state index contributed by atoms with van der Waals surface area (Å²) in [6, 6.07) is 4.14. The van der Waals surface area contributed by atoms with Crippen molar-refractivity contribution >= 4 is 27.3 Å². The first-order valence-corrected chi connectivity index (χ1v) is 11.5. The third kappa shape index (κ3) is 6.35. The van der Waals surface area contributed by atoms with Crippen LogP contribution >= 0.6 is 11.3 Å². The molecule has 0 aromatic carbocycles. The fourth-order valence-electron chi connectivity index (χ4n) is 3.08. The lowest BCUT2D eigenvalue weighted by Gasteiger charge is -2.31. The summed E-state index contributed by atoms with van der Waals surface area (Å²) in [5.74, 6) is 1.16. The summed E-state index contributed by atoms with van der Waals surface area (Å²) in [6.45, 7) is 3.21. The lowest BCUT2D eigenvalue weighted by Crippen LogP contribution is -2.47. The van der Waals surface area contributed by atoms with Crippen molar-refractivity contribution in [2.24, 2.45) is 16.8 Å². The minimum Gasteiger partial charge on any atom is -0.356 e. The highest BCUT2D eigenvalue weighted by Crippen LogP contribution is 2.30. The van der Waals surface area contributed by atoms with Crippen molar-refractivity contribution in [2.45, 2.75) is 31.7 Å². The van der Waals surface area contributed by atoms with E-state index in [9.17, 15) is 21.6 Å². The van der Waals surface area contributed by atoms with Gasteiger partial charge in [-0.25, -0.2) is 8.42 Å². The maximum Gasteiger partial charge on any atom is 0.511 e. The second kappa shape index (κ2) is 9.93. The fraction of sp³-hybridized carbons (Fsp3) is 0.706. The largest absolute Gasteiger partial charge is 0.511 e. The van der Waals surface area contributed by atoms with Gasteiger partial charge in [-0.2, -0.15) is 17.5 Å². The molecule has 2 heterocycles. The number of piperidine rings is 1. The van der Waals surface area contributed by atoms with Crippen molar-refractivity contribution in [1.29, 1.82) is 0 Å². The summed E-state index contributed by atoms with van der Waals surface area (Å²) in [5.41, 5.74) is -5.23. The van der Waals surface area contributed by atoms with E-state index < -0.39 is 15.5 Å². The van der Waals surface area contributed by atoms with Gasteiger partial charge >= 0.3 is 15.5 Å². The number of aliphatic imine (C=N–C) groups is 1. The standard InChI is InChI=1S/C17H27F3N4O2S2/c1-13(10-15-4-3-9-27-15)11-22-16(21-2)23-12-14-5-7-24(8-6-14)28(25,26)17(18,19)20/h3-4,9,13-14H,5-8,10-12H2,1-2H3,(H2,21,22,23). The molecule has 1 aromatic heterocycles. The van der Waals surface area contributed by atoms with Crippen LogP contribution in [-0.4, -0.2) is 57.4 Å². The molecule has 0 saturated carbocycles. The molecule has 1 unspecified atom stereocenters. The maximum atomic E-state index is 12.6. The van der Waals surface area contributed by atoms with Crippen molar-refractivity contribution < 1.29 is 21.6 Å². The van der Waals surface area contributed by atoms with Gasteiger partial charge < -0.3 is 10.6 Å². The van der Waals surface area contributed by atoms with Gasteiger partial charge in [-0.3, -0.25) is 4.99 Å². The molecule has 2 N–H and O–H groups in total. The zero-order valence-corrected chi connectivity index (χ0v) is 17.6.